The Balaban J connectivity index is 2.08. The van der Waals surface area contributed by atoms with Crippen LogP contribution < -0.4 is 10.1 Å². The van der Waals surface area contributed by atoms with E-state index in [-0.39, 0.29) is 17.2 Å². The van der Waals surface area contributed by atoms with Crippen LogP contribution in [0.4, 0.5) is 5.69 Å². The lowest BCUT2D eigenvalue weighted by molar-refractivity contribution is -0.158. The molecule has 0 aromatic heterocycles. The van der Waals surface area contributed by atoms with Gasteiger partial charge in [-0.3, -0.25) is 9.59 Å². The summed E-state index contributed by atoms with van der Waals surface area (Å²) in [6.07, 6.45) is -6.04. The van der Waals surface area contributed by atoms with Gasteiger partial charge < -0.3 is 30.1 Å². The minimum absolute atomic E-state index is 0.0554. The fourth-order valence-electron chi connectivity index (χ4n) is 2.46. The number of nitrogens with one attached hydrogen (secondary N) is 1. The Bertz CT molecular complexity index is 928. The molecule has 164 valence electrons. The third-order valence-corrected chi connectivity index (χ3v) is 3.99. The number of esters is 2. The highest BCUT2D eigenvalue weighted by molar-refractivity contribution is 6.36. The van der Waals surface area contributed by atoms with Gasteiger partial charge in [0.25, 0.3) is 5.78 Å². The molecule has 0 unspecified atom stereocenters. The van der Waals surface area contributed by atoms with Crippen molar-refractivity contribution in [1.29, 1.82) is 0 Å². The summed E-state index contributed by atoms with van der Waals surface area (Å²) in [5.74, 6) is -4.32. The molecule has 0 fully saturated rings. The number of rotatable bonds is 9. The van der Waals surface area contributed by atoms with Gasteiger partial charge >= 0.3 is 11.9 Å². The highest BCUT2D eigenvalue weighted by Crippen LogP contribution is 2.17. The van der Waals surface area contributed by atoms with Crippen LogP contribution in [-0.4, -0.2) is 63.9 Å². The van der Waals surface area contributed by atoms with Gasteiger partial charge in [0.1, 0.15) is 11.9 Å². The van der Waals surface area contributed by atoms with Crippen LogP contribution in [0.25, 0.3) is 0 Å². The van der Waals surface area contributed by atoms with Crippen LogP contribution in [0.2, 0.25) is 0 Å². The van der Waals surface area contributed by atoms with E-state index >= 15 is 0 Å². The van der Waals surface area contributed by atoms with Gasteiger partial charge in [-0.25, -0.2) is 9.59 Å². The molecule has 0 aliphatic rings. The molecule has 0 aliphatic carbocycles. The van der Waals surface area contributed by atoms with Crippen molar-refractivity contribution in [3.63, 3.8) is 0 Å². The number of amides is 1. The van der Waals surface area contributed by atoms with Gasteiger partial charge in [0.05, 0.1) is 12.2 Å². The molecule has 2 rings (SSSR count). The molecule has 3 atom stereocenters. The first kappa shape index (κ1) is 23.7. The molecule has 1 amide bonds. The smallest absolute Gasteiger partial charge is 0.382 e. The van der Waals surface area contributed by atoms with Crippen molar-refractivity contribution in [2.45, 2.75) is 25.2 Å². The van der Waals surface area contributed by atoms with Crippen molar-refractivity contribution < 1.29 is 44.0 Å². The Morgan fingerprint density at radius 3 is 2.13 bits per heavy atom. The third-order valence-electron chi connectivity index (χ3n) is 3.99. The molecule has 0 spiro atoms. The third kappa shape index (κ3) is 6.71. The summed E-state index contributed by atoms with van der Waals surface area (Å²) in [7, 11) is 0. The van der Waals surface area contributed by atoms with Crippen molar-refractivity contribution in [1.82, 2.24) is 0 Å². The Kier molecular flexibility index (Phi) is 8.38. The van der Waals surface area contributed by atoms with Crippen molar-refractivity contribution >= 4 is 29.3 Å². The van der Waals surface area contributed by atoms with E-state index in [4.69, 9.17) is 9.47 Å². The van der Waals surface area contributed by atoms with Gasteiger partial charge in [-0.2, -0.15) is 0 Å². The lowest BCUT2D eigenvalue weighted by Crippen LogP contribution is -2.49. The molecule has 0 heterocycles. The van der Waals surface area contributed by atoms with Gasteiger partial charge in [0.2, 0.25) is 5.91 Å². The van der Waals surface area contributed by atoms with E-state index in [0.717, 1.165) is 0 Å². The molecular weight excluding hydrogens is 410 g/mol. The second kappa shape index (κ2) is 11.0. The van der Waals surface area contributed by atoms with Gasteiger partial charge in [0, 0.05) is 12.6 Å². The summed E-state index contributed by atoms with van der Waals surface area (Å²) in [4.78, 5) is 47.6. The van der Waals surface area contributed by atoms with Crippen LogP contribution in [0.3, 0.4) is 0 Å². The Labute approximate surface area is 177 Å². The SMILES string of the molecule is CC(=O)Nc1ccc(OC(=O)C(=O)[C@@H](O)[C@H](OC(=O)c2ccccc2)[C@@H](O)CO)cc1. The van der Waals surface area contributed by atoms with Crippen molar-refractivity contribution in [3.8, 4) is 5.75 Å². The lowest BCUT2D eigenvalue weighted by Gasteiger charge is -2.25. The number of carbonyl (C=O) groups is 4. The van der Waals surface area contributed by atoms with Crippen LogP contribution in [-0.2, 0) is 19.1 Å². The Morgan fingerprint density at radius 2 is 1.58 bits per heavy atom. The summed E-state index contributed by atoms with van der Waals surface area (Å²) in [5, 5.41) is 31.8. The minimum atomic E-state index is -2.29. The Morgan fingerprint density at radius 1 is 0.968 bits per heavy atom. The zero-order valence-electron chi connectivity index (χ0n) is 16.4. The summed E-state index contributed by atoms with van der Waals surface area (Å²) in [6.45, 7) is 0.368. The van der Waals surface area contributed by atoms with Crippen LogP contribution in [0.15, 0.2) is 54.6 Å². The molecule has 31 heavy (non-hydrogen) atoms. The molecule has 0 bridgehead atoms. The zero-order valence-corrected chi connectivity index (χ0v) is 16.4. The number of anilines is 1. The maximum absolute atomic E-state index is 12.3. The molecule has 0 radical (unpaired) electrons. The number of carbonyl (C=O) groups excluding carboxylic acids is 4. The van der Waals surface area contributed by atoms with Gasteiger partial charge in [-0.15, -0.1) is 0 Å². The topological polar surface area (TPSA) is 159 Å². The molecule has 0 aliphatic heterocycles. The predicted octanol–water partition coefficient (Wildman–Crippen LogP) is 0.0592. The van der Waals surface area contributed by atoms with Crippen LogP contribution >= 0.6 is 0 Å². The van der Waals surface area contributed by atoms with Crippen LogP contribution in [0.1, 0.15) is 17.3 Å². The van der Waals surface area contributed by atoms with Crippen molar-refractivity contribution in [3.05, 3.63) is 60.2 Å². The minimum Gasteiger partial charge on any atom is -0.453 e. The van der Waals surface area contributed by atoms with E-state index in [9.17, 15) is 34.5 Å². The standard InChI is InChI=1S/C21H21NO9/c1-12(24)22-14-7-9-15(10-8-14)30-21(29)18(27)17(26)19(16(25)11-23)31-20(28)13-5-3-2-4-6-13/h2-10,16-17,19,23,25-26H,11H2,1H3,(H,22,24)/t16-,17+,19+/m0/s1. The molecule has 10 nitrogen and oxygen atoms in total. The van der Waals surface area contributed by atoms with Crippen molar-refractivity contribution in [2.24, 2.45) is 0 Å². The molecule has 0 saturated heterocycles. The average molecular weight is 431 g/mol. The number of hydrogen-bond acceptors (Lipinski definition) is 9. The largest absolute Gasteiger partial charge is 0.453 e. The molecular formula is C21H21NO9. The fraction of sp³-hybridized carbons (Fsp3) is 0.238. The predicted molar refractivity (Wildman–Crippen MR) is 106 cm³/mol. The van der Waals surface area contributed by atoms with E-state index < -0.39 is 42.6 Å². The quantitative estimate of drug-likeness (QED) is 0.245. The second-order valence-electron chi connectivity index (χ2n) is 6.39. The number of hydrogen-bond donors (Lipinski definition) is 4. The fourth-order valence-corrected chi connectivity index (χ4v) is 2.46. The molecule has 2 aromatic carbocycles. The monoisotopic (exact) mass is 431 g/mol. The number of Topliss-reactive ketones (excluding diaryl/α,β-unsaturated/α-hetero) is 1. The first-order valence-corrected chi connectivity index (χ1v) is 9.09. The van der Waals surface area contributed by atoms with Gasteiger partial charge in [-0.1, -0.05) is 18.2 Å². The maximum Gasteiger partial charge on any atom is 0.382 e. The average Bonchev–Trinajstić information content (AvgIpc) is 2.77. The number of aliphatic hydroxyl groups is 3. The first-order chi connectivity index (χ1) is 14.7. The van der Waals surface area contributed by atoms with E-state index in [1.165, 1.54) is 43.3 Å². The van der Waals surface area contributed by atoms with Gasteiger partial charge in [0.15, 0.2) is 12.2 Å². The van der Waals surface area contributed by atoms with Crippen LogP contribution in [0, 0.1) is 0 Å². The number of ether oxygens (including phenoxy) is 2. The molecule has 2 aromatic rings. The van der Waals surface area contributed by atoms with E-state index in [1.807, 2.05) is 0 Å². The Hall–Kier alpha value is -3.60. The van der Waals surface area contributed by atoms with E-state index in [1.54, 1.807) is 18.2 Å². The highest BCUT2D eigenvalue weighted by atomic mass is 16.6. The lowest BCUT2D eigenvalue weighted by atomic mass is 10.0. The molecule has 4 N–H and O–H groups in total. The highest BCUT2D eigenvalue weighted by Gasteiger charge is 2.39. The molecule has 0 saturated carbocycles. The summed E-state index contributed by atoms with van der Waals surface area (Å²) in [5.41, 5.74) is 0.497. The maximum atomic E-state index is 12.3. The zero-order chi connectivity index (χ0) is 23.0. The van der Waals surface area contributed by atoms with Crippen molar-refractivity contribution in [2.75, 3.05) is 11.9 Å². The summed E-state index contributed by atoms with van der Waals surface area (Å²) in [6, 6.07) is 13.0. The second-order valence-corrected chi connectivity index (χ2v) is 6.39. The van der Waals surface area contributed by atoms with E-state index in [2.05, 4.69) is 5.32 Å². The number of benzene rings is 2. The van der Waals surface area contributed by atoms with E-state index in [0.29, 0.717) is 5.69 Å². The number of aliphatic hydroxyl groups excluding tert-OH is 3. The van der Waals surface area contributed by atoms with Gasteiger partial charge in [-0.05, 0) is 36.4 Å². The molecule has 10 heteroatoms. The van der Waals surface area contributed by atoms with Crippen LogP contribution in [0.5, 0.6) is 5.75 Å². The summed E-state index contributed by atoms with van der Waals surface area (Å²) >= 11 is 0. The normalized spacial score (nSPS) is 13.4. The number of ketones is 1. The summed E-state index contributed by atoms with van der Waals surface area (Å²) < 4.78 is 9.82. The first-order valence-electron chi connectivity index (χ1n) is 9.09.